The summed E-state index contributed by atoms with van der Waals surface area (Å²) < 4.78 is 10.8. The second kappa shape index (κ2) is 5.83. The van der Waals surface area contributed by atoms with Gasteiger partial charge in [-0.1, -0.05) is 6.42 Å². The molecule has 0 aromatic carbocycles. The Hall–Kier alpha value is -0.610. The summed E-state index contributed by atoms with van der Waals surface area (Å²) in [6, 6.07) is 0. The summed E-state index contributed by atoms with van der Waals surface area (Å²) in [5, 5.41) is 3.08. The summed E-state index contributed by atoms with van der Waals surface area (Å²) in [7, 11) is 0. The van der Waals surface area contributed by atoms with Gasteiger partial charge in [-0.15, -0.1) is 0 Å². The molecule has 0 spiro atoms. The zero-order valence-electron chi connectivity index (χ0n) is 10.7. The number of nitrogens with one attached hydrogen (secondary N) is 1. The zero-order valence-corrected chi connectivity index (χ0v) is 10.7. The maximum absolute atomic E-state index is 11.9. The lowest BCUT2D eigenvalue weighted by molar-refractivity contribution is -0.126. The lowest BCUT2D eigenvalue weighted by atomic mass is 9.69. The first-order valence-corrected chi connectivity index (χ1v) is 6.69. The summed E-state index contributed by atoms with van der Waals surface area (Å²) in [5.74, 6) is 0.226. The topological polar surface area (TPSA) is 47.6 Å². The van der Waals surface area contributed by atoms with Crippen molar-refractivity contribution in [2.75, 3.05) is 33.0 Å². The molecule has 1 N–H and O–H groups in total. The first kappa shape index (κ1) is 12.8. The van der Waals surface area contributed by atoms with Gasteiger partial charge < -0.3 is 14.8 Å². The molecule has 1 aliphatic heterocycles. The Labute approximate surface area is 103 Å². The number of ether oxygens (including phenoxy) is 2. The van der Waals surface area contributed by atoms with Gasteiger partial charge in [0.15, 0.2) is 0 Å². The van der Waals surface area contributed by atoms with Crippen molar-refractivity contribution in [2.45, 2.75) is 32.6 Å². The number of hydrogen-bond acceptors (Lipinski definition) is 3. The van der Waals surface area contributed by atoms with E-state index in [2.05, 4.69) is 5.32 Å². The van der Waals surface area contributed by atoms with Crippen molar-refractivity contribution < 1.29 is 14.3 Å². The van der Waals surface area contributed by atoms with Crippen LogP contribution in [-0.2, 0) is 14.3 Å². The molecule has 1 saturated carbocycles. The predicted molar refractivity (Wildman–Crippen MR) is 64.7 cm³/mol. The van der Waals surface area contributed by atoms with E-state index in [1.54, 1.807) is 0 Å². The normalized spacial score (nSPS) is 26.5. The highest BCUT2D eigenvalue weighted by molar-refractivity contribution is 5.79. The van der Waals surface area contributed by atoms with E-state index in [0.29, 0.717) is 6.61 Å². The molecule has 2 rings (SSSR count). The minimum Gasteiger partial charge on any atom is -0.381 e. The van der Waals surface area contributed by atoms with Crippen molar-refractivity contribution in [2.24, 2.45) is 11.3 Å². The fourth-order valence-corrected chi connectivity index (χ4v) is 2.53. The molecule has 4 heteroatoms. The third kappa shape index (κ3) is 3.19. The van der Waals surface area contributed by atoms with Crippen LogP contribution in [0, 0.1) is 11.3 Å². The fraction of sp³-hybridized carbons (Fsp3) is 0.923. The van der Waals surface area contributed by atoms with Gasteiger partial charge in [-0.25, -0.2) is 0 Å². The van der Waals surface area contributed by atoms with Gasteiger partial charge in [0.2, 0.25) is 5.91 Å². The molecule has 1 amide bonds. The van der Waals surface area contributed by atoms with Crippen molar-refractivity contribution in [3.63, 3.8) is 0 Å². The van der Waals surface area contributed by atoms with Crippen LogP contribution in [0.3, 0.4) is 0 Å². The second-order valence-corrected chi connectivity index (χ2v) is 5.27. The summed E-state index contributed by atoms with van der Waals surface area (Å²) in [4.78, 5) is 11.9. The van der Waals surface area contributed by atoms with Crippen molar-refractivity contribution in [1.29, 1.82) is 0 Å². The predicted octanol–water partition coefficient (Wildman–Crippen LogP) is 1.35. The summed E-state index contributed by atoms with van der Waals surface area (Å²) >= 11 is 0. The molecule has 1 atom stereocenters. The SMILES string of the molecule is CCOCC1(CNC(=O)C2CCOC2)CCC1. The standard InChI is InChI=1S/C13H23NO3/c1-2-16-10-13(5-3-6-13)9-14-12(15)11-4-7-17-8-11/h11H,2-10H2,1H3,(H,14,15). The molecular weight excluding hydrogens is 218 g/mol. The van der Waals surface area contributed by atoms with Gasteiger partial charge in [-0.3, -0.25) is 4.79 Å². The Morgan fingerprint density at radius 3 is 2.88 bits per heavy atom. The molecule has 0 aromatic rings. The van der Waals surface area contributed by atoms with Crippen molar-refractivity contribution in [3.05, 3.63) is 0 Å². The molecule has 0 radical (unpaired) electrons. The highest BCUT2D eigenvalue weighted by atomic mass is 16.5. The Morgan fingerprint density at radius 2 is 2.35 bits per heavy atom. The van der Waals surface area contributed by atoms with Gasteiger partial charge >= 0.3 is 0 Å². The molecule has 98 valence electrons. The van der Waals surface area contributed by atoms with E-state index in [-0.39, 0.29) is 17.2 Å². The van der Waals surface area contributed by atoms with Crippen LogP contribution in [-0.4, -0.2) is 38.9 Å². The van der Waals surface area contributed by atoms with Crippen molar-refractivity contribution in [3.8, 4) is 0 Å². The van der Waals surface area contributed by atoms with E-state index >= 15 is 0 Å². The van der Waals surface area contributed by atoms with E-state index in [1.165, 1.54) is 19.3 Å². The van der Waals surface area contributed by atoms with Crippen LogP contribution in [0.5, 0.6) is 0 Å². The first-order chi connectivity index (χ1) is 8.26. The quantitative estimate of drug-likeness (QED) is 0.763. The number of carbonyl (C=O) groups is 1. The van der Waals surface area contributed by atoms with Crippen molar-refractivity contribution in [1.82, 2.24) is 5.32 Å². The average molecular weight is 241 g/mol. The average Bonchev–Trinajstić information content (AvgIpc) is 2.80. The minimum atomic E-state index is 0.0687. The van der Waals surface area contributed by atoms with Gasteiger partial charge in [0.1, 0.15) is 0 Å². The van der Waals surface area contributed by atoms with Gasteiger partial charge in [0.25, 0.3) is 0 Å². The molecule has 2 aliphatic rings. The summed E-state index contributed by atoms with van der Waals surface area (Å²) in [6.07, 6.45) is 4.47. The van der Waals surface area contributed by atoms with E-state index in [4.69, 9.17) is 9.47 Å². The van der Waals surface area contributed by atoms with Gasteiger partial charge in [0, 0.05) is 25.2 Å². The molecule has 1 unspecified atom stereocenters. The van der Waals surface area contributed by atoms with Crippen LogP contribution in [0.4, 0.5) is 0 Å². The van der Waals surface area contributed by atoms with Crippen LogP contribution in [0.1, 0.15) is 32.6 Å². The smallest absolute Gasteiger partial charge is 0.225 e. The van der Waals surface area contributed by atoms with E-state index in [9.17, 15) is 4.79 Å². The molecule has 17 heavy (non-hydrogen) atoms. The van der Waals surface area contributed by atoms with Crippen LogP contribution in [0.2, 0.25) is 0 Å². The van der Waals surface area contributed by atoms with Gasteiger partial charge in [-0.2, -0.15) is 0 Å². The number of amides is 1. The molecule has 0 aromatic heterocycles. The molecule has 2 fully saturated rings. The van der Waals surface area contributed by atoms with Gasteiger partial charge in [-0.05, 0) is 26.2 Å². The number of rotatable bonds is 6. The Balaban J connectivity index is 1.73. The van der Waals surface area contributed by atoms with Crippen LogP contribution in [0.25, 0.3) is 0 Å². The third-order valence-corrected chi connectivity index (χ3v) is 3.96. The van der Waals surface area contributed by atoms with Crippen LogP contribution < -0.4 is 5.32 Å². The minimum absolute atomic E-state index is 0.0687. The van der Waals surface area contributed by atoms with E-state index in [1.807, 2.05) is 6.92 Å². The van der Waals surface area contributed by atoms with Gasteiger partial charge in [0.05, 0.1) is 19.1 Å². The highest BCUT2D eigenvalue weighted by Crippen LogP contribution is 2.40. The maximum atomic E-state index is 11.9. The maximum Gasteiger partial charge on any atom is 0.225 e. The second-order valence-electron chi connectivity index (χ2n) is 5.27. The molecule has 1 saturated heterocycles. The first-order valence-electron chi connectivity index (χ1n) is 6.69. The Bertz CT molecular complexity index is 257. The molecular formula is C13H23NO3. The Kier molecular flexibility index (Phi) is 4.40. The van der Waals surface area contributed by atoms with Crippen molar-refractivity contribution >= 4 is 5.91 Å². The zero-order chi connectivity index (χ0) is 12.1. The van der Waals surface area contributed by atoms with Crippen LogP contribution >= 0.6 is 0 Å². The Morgan fingerprint density at radius 1 is 1.53 bits per heavy atom. The monoisotopic (exact) mass is 241 g/mol. The molecule has 0 bridgehead atoms. The summed E-state index contributed by atoms with van der Waals surface area (Å²) in [5.41, 5.74) is 0.213. The van der Waals surface area contributed by atoms with E-state index < -0.39 is 0 Å². The molecule has 1 aliphatic carbocycles. The lowest BCUT2D eigenvalue weighted by Crippen LogP contribution is -2.46. The lowest BCUT2D eigenvalue weighted by Gasteiger charge is -2.41. The largest absolute Gasteiger partial charge is 0.381 e. The number of hydrogen-bond donors (Lipinski definition) is 1. The molecule has 1 heterocycles. The highest BCUT2D eigenvalue weighted by Gasteiger charge is 2.38. The number of carbonyl (C=O) groups excluding carboxylic acids is 1. The van der Waals surface area contributed by atoms with E-state index in [0.717, 1.165) is 32.8 Å². The third-order valence-electron chi connectivity index (χ3n) is 3.96. The fourth-order valence-electron chi connectivity index (χ4n) is 2.53. The molecule has 4 nitrogen and oxygen atoms in total. The summed E-state index contributed by atoms with van der Waals surface area (Å²) in [6.45, 7) is 5.63. The van der Waals surface area contributed by atoms with Crippen LogP contribution in [0.15, 0.2) is 0 Å².